The first-order valence-electron chi connectivity index (χ1n) is 11.4. The monoisotopic (exact) mass is 480 g/mol. The fourth-order valence-electron chi connectivity index (χ4n) is 3.72. The third-order valence-electron chi connectivity index (χ3n) is 5.66. The van der Waals surface area contributed by atoms with E-state index in [4.69, 9.17) is 14.2 Å². The van der Waals surface area contributed by atoms with Crippen molar-refractivity contribution < 1.29 is 19.3 Å². The number of aromatic nitrogens is 2. The molecule has 0 saturated heterocycles. The second kappa shape index (κ2) is 11.8. The number of hydrogen-bond acceptors (Lipinski definition) is 6. The molecule has 0 fully saturated rings. The van der Waals surface area contributed by atoms with E-state index in [9.17, 15) is 5.11 Å². The maximum atomic E-state index is 9.41. The van der Waals surface area contributed by atoms with Gasteiger partial charge >= 0.3 is 0 Å². The number of benzene rings is 2. The second-order valence-electron chi connectivity index (χ2n) is 7.96. The molecule has 0 saturated carbocycles. The van der Waals surface area contributed by atoms with Crippen molar-refractivity contribution in [3.05, 3.63) is 101 Å². The highest BCUT2D eigenvalue weighted by Gasteiger charge is 2.05. The maximum absolute atomic E-state index is 9.41. The molecule has 2 aromatic carbocycles. The lowest BCUT2D eigenvalue weighted by atomic mass is 10.1. The van der Waals surface area contributed by atoms with Crippen LogP contribution in [0.1, 0.15) is 27.8 Å². The first-order chi connectivity index (χ1) is 17.6. The van der Waals surface area contributed by atoms with Gasteiger partial charge in [0.05, 0.1) is 39.3 Å². The van der Waals surface area contributed by atoms with E-state index in [1.807, 2.05) is 85.0 Å². The maximum Gasteiger partial charge on any atom is 0.161 e. The molecule has 0 amide bonds. The number of aliphatic hydroxyl groups excluding tert-OH is 1. The van der Waals surface area contributed by atoms with Crippen LogP contribution in [0.4, 0.5) is 0 Å². The van der Waals surface area contributed by atoms with E-state index >= 15 is 0 Å². The average Bonchev–Trinajstić information content (AvgIpc) is 2.94. The van der Waals surface area contributed by atoms with Crippen molar-refractivity contribution >= 4 is 24.3 Å². The Morgan fingerprint density at radius 2 is 1.06 bits per heavy atom. The number of hydrogen-bond donors (Lipinski definition) is 1. The molecule has 1 N–H and O–H groups in total. The third-order valence-corrected chi connectivity index (χ3v) is 5.66. The van der Waals surface area contributed by atoms with Gasteiger partial charge < -0.3 is 19.3 Å². The van der Waals surface area contributed by atoms with Gasteiger partial charge in [0.2, 0.25) is 0 Å². The molecule has 182 valence electrons. The molecule has 0 spiro atoms. The molecule has 4 aromatic rings. The zero-order valence-electron chi connectivity index (χ0n) is 20.5. The van der Waals surface area contributed by atoms with Crippen LogP contribution in [0, 0.1) is 0 Å². The number of pyridine rings is 2. The Labute approximate surface area is 211 Å². The van der Waals surface area contributed by atoms with E-state index in [-0.39, 0.29) is 6.61 Å². The van der Waals surface area contributed by atoms with Crippen LogP contribution in [-0.2, 0) is 6.61 Å². The summed E-state index contributed by atoms with van der Waals surface area (Å²) in [6.07, 6.45) is 11.6. The summed E-state index contributed by atoms with van der Waals surface area (Å²) in [6, 6.07) is 19.4. The molecule has 0 bridgehead atoms. The molecule has 0 atom stereocenters. The van der Waals surface area contributed by atoms with Gasteiger partial charge in [0.25, 0.3) is 0 Å². The van der Waals surface area contributed by atoms with Gasteiger partial charge in [-0.2, -0.15) is 0 Å². The zero-order valence-corrected chi connectivity index (χ0v) is 20.5. The first-order valence-corrected chi connectivity index (χ1v) is 11.4. The van der Waals surface area contributed by atoms with E-state index in [0.717, 1.165) is 39.2 Å². The number of methoxy groups -OCH3 is 3. The summed E-state index contributed by atoms with van der Waals surface area (Å²) < 4.78 is 16.1. The van der Waals surface area contributed by atoms with Gasteiger partial charge in [0.1, 0.15) is 5.75 Å². The van der Waals surface area contributed by atoms with E-state index < -0.39 is 0 Å². The molecule has 6 nitrogen and oxygen atoms in total. The summed E-state index contributed by atoms with van der Waals surface area (Å²) in [6.45, 7) is -0.0591. The Bertz CT molecular complexity index is 1290. The van der Waals surface area contributed by atoms with Crippen LogP contribution in [0.3, 0.4) is 0 Å². The van der Waals surface area contributed by atoms with E-state index in [0.29, 0.717) is 17.2 Å². The SMILES string of the molecule is COc1cc(/C=C/c2ccnc(-c3cc(/C=C/c4ccc(OC)c(OC)c4)ccn3)c2)ccc1CO. The fraction of sp³-hybridized carbons (Fsp3) is 0.133. The molecular formula is C30H28N2O4. The van der Waals surface area contributed by atoms with Crippen molar-refractivity contribution in [2.75, 3.05) is 21.3 Å². The van der Waals surface area contributed by atoms with Crippen LogP contribution in [0.2, 0.25) is 0 Å². The molecule has 2 aromatic heterocycles. The lowest BCUT2D eigenvalue weighted by Gasteiger charge is -2.07. The Morgan fingerprint density at radius 1 is 0.583 bits per heavy atom. The molecule has 0 radical (unpaired) electrons. The quantitative estimate of drug-likeness (QED) is 0.317. The van der Waals surface area contributed by atoms with Crippen molar-refractivity contribution in [3.8, 4) is 28.6 Å². The van der Waals surface area contributed by atoms with Crippen LogP contribution in [0.25, 0.3) is 35.7 Å². The van der Waals surface area contributed by atoms with E-state index in [2.05, 4.69) is 9.97 Å². The minimum absolute atomic E-state index is 0.0591. The molecular weight excluding hydrogens is 452 g/mol. The summed E-state index contributed by atoms with van der Waals surface area (Å²) in [7, 11) is 4.85. The standard InChI is InChI=1S/C30H28N2O4/c1-34-28-11-9-22(19-30(28)36-3)5-7-24-13-15-32-27(17-24)26-16-23(12-14-31-26)6-4-21-8-10-25(20-33)29(18-21)35-2/h4-19,33H,20H2,1-3H3/b6-4+,7-5+. The summed E-state index contributed by atoms with van der Waals surface area (Å²) in [5.41, 5.74) is 6.31. The Morgan fingerprint density at radius 3 is 1.56 bits per heavy atom. The fourth-order valence-corrected chi connectivity index (χ4v) is 3.72. The number of ether oxygens (including phenoxy) is 3. The summed E-state index contributed by atoms with van der Waals surface area (Å²) >= 11 is 0. The smallest absolute Gasteiger partial charge is 0.161 e. The molecule has 36 heavy (non-hydrogen) atoms. The molecule has 2 heterocycles. The van der Waals surface area contributed by atoms with Crippen LogP contribution in [-0.4, -0.2) is 36.4 Å². The molecule has 0 aliphatic carbocycles. The Hall–Kier alpha value is -4.42. The molecule has 0 unspecified atom stereocenters. The van der Waals surface area contributed by atoms with E-state index in [1.165, 1.54) is 0 Å². The Balaban J connectivity index is 1.53. The number of nitrogens with zero attached hydrogens (tertiary/aromatic N) is 2. The lowest BCUT2D eigenvalue weighted by Crippen LogP contribution is -1.92. The molecule has 0 aliphatic heterocycles. The van der Waals surface area contributed by atoms with Crippen LogP contribution in [0.5, 0.6) is 17.2 Å². The largest absolute Gasteiger partial charge is 0.496 e. The van der Waals surface area contributed by atoms with Gasteiger partial charge in [-0.15, -0.1) is 0 Å². The predicted molar refractivity (Wildman–Crippen MR) is 144 cm³/mol. The van der Waals surface area contributed by atoms with Crippen molar-refractivity contribution in [1.82, 2.24) is 9.97 Å². The van der Waals surface area contributed by atoms with E-state index in [1.54, 1.807) is 33.7 Å². The topological polar surface area (TPSA) is 73.7 Å². The van der Waals surface area contributed by atoms with Gasteiger partial charge in [-0.05, 0) is 64.7 Å². The van der Waals surface area contributed by atoms with Crippen LogP contribution >= 0.6 is 0 Å². The van der Waals surface area contributed by atoms with Crippen LogP contribution in [0.15, 0.2) is 73.1 Å². The average molecular weight is 481 g/mol. The summed E-state index contributed by atoms with van der Waals surface area (Å²) in [4.78, 5) is 9.04. The second-order valence-corrected chi connectivity index (χ2v) is 7.96. The highest BCUT2D eigenvalue weighted by molar-refractivity contribution is 5.75. The Kier molecular flexibility index (Phi) is 8.11. The minimum atomic E-state index is -0.0591. The van der Waals surface area contributed by atoms with Gasteiger partial charge in [-0.3, -0.25) is 9.97 Å². The van der Waals surface area contributed by atoms with Gasteiger partial charge in [-0.25, -0.2) is 0 Å². The molecule has 0 aliphatic rings. The summed E-state index contributed by atoms with van der Waals surface area (Å²) in [5, 5.41) is 9.41. The zero-order chi connectivity index (χ0) is 25.3. The van der Waals surface area contributed by atoms with Crippen molar-refractivity contribution in [3.63, 3.8) is 0 Å². The summed E-state index contributed by atoms with van der Waals surface area (Å²) in [5.74, 6) is 2.05. The van der Waals surface area contributed by atoms with Crippen molar-refractivity contribution in [1.29, 1.82) is 0 Å². The molecule has 6 heteroatoms. The highest BCUT2D eigenvalue weighted by atomic mass is 16.5. The van der Waals surface area contributed by atoms with Crippen molar-refractivity contribution in [2.45, 2.75) is 6.61 Å². The van der Waals surface area contributed by atoms with Gasteiger partial charge in [0.15, 0.2) is 11.5 Å². The molecule has 4 rings (SSSR count). The number of rotatable bonds is 9. The van der Waals surface area contributed by atoms with Gasteiger partial charge in [0, 0.05) is 18.0 Å². The lowest BCUT2D eigenvalue weighted by molar-refractivity contribution is 0.274. The highest BCUT2D eigenvalue weighted by Crippen LogP contribution is 2.28. The van der Waals surface area contributed by atoms with Crippen molar-refractivity contribution in [2.24, 2.45) is 0 Å². The minimum Gasteiger partial charge on any atom is -0.496 e. The first kappa shape index (κ1) is 24.7. The number of aliphatic hydroxyl groups is 1. The normalized spacial score (nSPS) is 11.2. The predicted octanol–water partition coefficient (Wildman–Crippen LogP) is 6.00. The third kappa shape index (κ3) is 5.98. The van der Waals surface area contributed by atoms with Crippen LogP contribution < -0.4 is 14.2 Å². The van der Waals surface area contributed by atoms with Gasteiger partial charge in [-0.1, -0.05) is 42.5 Å².